The van der Waals surface area contributed by atoms with Crippen LogP contribution in [0.3, 0.4) is 0 Å². The highest BCUT2D eigenvalue weighted by molar-refractivity contribution is 7.26. The monoisotopic (exact) mass is 392 g/mol. The van der Waals surface area contributed by atoms with Crippen LogP contribution >= 0.6 is 11.3 Å². The average Bonchev–Trinajstić information content (AvgIpc) is 3.12. The first kappa shape index (κ1) is 18.1. The highest BCUT2D eigenvalue weighted by atomic mass is 32.1. The molecule has 1 heteroatoms. The summed E-state index contributed by atoms with van der Waals surface area (Å²) in [6.07, 6.45) is 0. The largest absolute Gasteiger partial charge is 0.135 e. The first-order valence-corrected chi connectivity index (χ1v) is 10.9. The van der Waals surface area contributed by atoms with Crippen molar-refractivity contribution >= 4 is 31.5 Å². The molecule has 0 amide bonds. The first-order chi connectivity index (χ1) is 14.0. The minimum Gasteiger partial charge on any atom is -0.135 e. The van der Waals surface area contributed by atoms with Crippen molar-refractivity contribution in [3.8, 4) is 22.3 Å². The van der Waals surface area contributed by atoms with Crippen LogP contribution in [0, 0.1) is 0 Å². The van der Waals surface area contributed by atoms with Crippen LogP contribution in [-0.4, -0.2) is 0 Å². The van der Waals surface area contributed by atoms with E-state index in [0.29, 0.717) is 0 Å². The molecule has 5 aromatic rings. The Bertz CT molecular complexity index is 1320. The van der Waals surface area contributed by atoms with E-state index in [1.165, 1.54) is 48.0 Å². The molecule has 0 atom stereocenters. The van der Waals surface area contributed by atoms with Crippen LogP contribution in [0.2, 0.25) is 0 Å². The number of hydrogen-bond acceptors (Lipinski definition) is 1. The molecule has 0 saturated heterocycles. The first-order valence-electron chi connectivity index (χ1n) is 10.1. The van der Waals surface area contributed by atoms with Crippen LogP contribution in [-0.2, 0) is 5.41 Å². The summed E-state index contributed by atoms with van der Waals surface area (Å²) in [6, 6.07) is 33.0. The van der Waals surface area contributed by atoms with Gasteiger partial charge in [-0.25, -0.2) is 0 Å². The lowest BCUT2D eigenvalue weighted by atomic mass is 9.84. The van der Waals surface area contributed by atoms with Gasteiger partial charge in [0, 0.05) is 20.2 Å². The van der Waals surface area contributed by atoms with Gasteiger partial charge in [0.25, 0.3) is 0 Å². The maximum absolute atomic E-state index is 2.32. The fraction of sp³-hybridized carbons (Fsp3) is 0.143. The van der Waals surface area contributed by atoms with Gasteiger partial charge in [-0.2, -0.15) is 0 Å². The van der Waals surface area contributed by atoms with Gasteiger partial charge in [-0.1, -0.05) is 99.6 Å². The minimum absolute atomic E-state index is 0.122. The highest BCUT2D eigenvalue weighted by Crippen LogP contribution is 2.44. The Kier molecular flexibility index (Phi) is 4.29. The summed E-state index contributed by atoms with van der Waals surface area (Å²) in [5.74, 6) is 0. The van der Waals surface area contributed by atoms with Gasteiger partial charge in [0.05, 0.1) is 0 Å². The second-order valence-corrected chi connectivity index (χ2v) is 9.71. The third-order valence-electron chi connectivity index (χ3n) is 5.61. The quantitative estimate of drug-likeness (QED) is 0.282. The zero-order valence-corrected chi connectivity index (χ0v) is 17.9. The Morgan fingerprint density at radius 3 is 2.10 bits per heavy atom. The Balaban J connectivity index is 1.75. The smallest absolute Gasteiger partial charge is 0.0433 e. The van der Waals surface area contributed by atoms with Crippen molar-refractivity contribution in [2.45, 2.75) is 26.2 Å². The van der Waals surface area contributed by atoms with Gasteiger partial charge in [0.1, 0.15) is 0 Å². The zero-order chi connectivity index (χ0) is 20.0. The molecule has 5 rings (SSSR count). The zero-order valence-electron chi connectivity index (χ0n) is 17.1. The molecule has 0 N–H and O–H groups in total. The third kappa shape index (κ3) is 3.16. The molecule has 0 spiro atoms. The number of benzene rings is 4. The molecule has 0 unspecified atom stereocenters. The van der Waals surface area contributed by atoms with Crippen molar-refractivity contribution in [1.82, 2.24) is 0 Å². The molecule has 0 aliphatic heterocycles. The van der Waals surface area contributed by atoms with E-state index in [-0.39, 0.29) is 5.41 Å². The highest BCUT2D eigenvalue weighted by Gasteiger charge is 2.20. The number of fused-ring (bicyclic) bond motifs is 3. The molecule has 142 valence electrons. The Labute approximate surface area is 176 Å². The molecule has 29 heavy (non-hydrogen) atoms. The van der Waals surface area contributed by atoms with Crippen LogP contribution in [0.1, 0.15) is 26.3 Å². The lowest BCUT2D eigenvalue weighted by Crippen LogP contribution is -2.11. The second-order valence-electron chi connectivity index (χ2n) is 8.66. The summed E-state index contributed by atoms with van der Waals surface area (Å²) >= 11 is 1.92. The molecular weight excluding hydrogens is 368 g/mol. The number of thiophene rings is 1. The molecule has 4 aromatic carbocycles. The van der Waals surface area contributed by atoms with Gasteiger partial charge in [0.2, 0.25) is 0 Å². The third-order valence-corrected chi connectivity index (χ3v) is 6.82. The van der Waals surface area contributed by atoms with E-state index < -0.39 is 0 Å². The van der Waals surface area contributed by atoms with E-state index in [4.69, 9.17) is 0 Å². The number of hydrogen-bond donors (Lipinski definition) is 0. The van der Waals surface area contributed by atoms with Crippen LogP contribution in [0.25, 0.3) is 42.4 Å². The van der Waals surface area contributed by atoms with Gasteiger partial charge in [0.15, 0.2) is 0 Å². The lowest BCUT2D eigenvalue weighted by molar-refractivity contribution is 0.596. The van der Waals surface area contributed by atoms with Gasteiger partial charge in [-0.15, -0.1) is 11.3 Å². The standard InChI is InChI=1S/C28H24S/c1-28(2,3)24-16-9-17-25-26(24)23-15-8-14-22(27(23)29-25)21-13-7-12-20(18-21)19-10-5-4-6-11-19/h4-18H,1-3H3. The van der Waals surface area contributed by atoms with E-state index in [9.17, 15) is 0 Å². The molecule has 0 radical (unpaired) electrons. The van der Waals surface area contributed by atoms with Crippen molar-refractivity contribution in [1.29, 1.82) is 0 Å². The molecule has 1 aromatic heterocycles. The predicted octanol–water partition coefficient (Wildman–Crippen LogP) is 8.69. The van der Waals surface area contributed by atoms with Crippen LogP contribution in [0.4, 0.5) is 0 Å². The van der Waals surface area contributed by atoms with Gasteiger partial charge >= 0.3 is 0 Å². The minimum atomic E-state index is 0.122. The van der Waals surface area contributed by atoms with E-state index in [0.717, 1.165) is 0 Å². The average molecular weight is 393 g/mol. The maximum atomic E-state index is 2.32. The number of rotatable bonds is 2. The van der Waals surface area contributed by atoms with E-state index in [1.54, 1.807) is 0 Å². The fourth-order valence-corrected chi connectivity index (χ4v) is 5.46. The topological polar surface area (TPSA) is 0 Å². The van der Waals surface area contributed by atoms with Crippen molar-refractivity contribution in [3.63, 3.8) is 0 Å². The van der Waals surface area contributed by atoms with Crippen molar-refractivity contribution in [3.05, 3.63) is 96.6 Å². The fourth-order valence-electron chi connectivity index (χ4n) is 4.20. The molecule has 0 bridgehead atoms. The van der Waals surface area contributed by atoms with Gasteiger partial charge < -0.3 is 0 Å². The summed E-state index contributed by atoms with van der Waals surface area (Å²) in [4.78, 5) is 0. The van der Waals surface area contributed by atoms with Crippen LogP contribution < -0.4 is 0 Å². The predicted molar refractivity (Wildman–Crippen MR) is 129 cm³/mol. The summed E-state index contributed by atoms with van der Waals surface area (Å²) in [5.41, 5.74) is 6.67. The summed E-state index contributed by atoms with van der Waals surface area (Å²) in [5, 5.41) is 2.79. The maximum Gasteiger partial charge on any atom is 0.0433 e. The molecule has 0 nitrogen and oxygen atoms in total. The summed E-state index contributed by atoms with van der Waals surface area (Å²) in [6.45, 7) is 6.91. The van der Waals surface area contributed by atoms with E-state index >= 15 is 0 Å². The molecule has 0 fully saturated rings. The van der Waals surface area contributed by atoms with Gasteiger partial charge in [-0.3, -0.25) is 0 Å². The molecule has 1 heterocycles. The molecule has 0 aliphatic carbocycles. The van der Waals surface area contributed by atoms with Crippen molar-refractivity contribution in [2.24, 2.45) is 0 Å². The van der Waals surface area contributed by atoms with E-state index in [2.05, 4.69) is 112 Å². The van der Waals surface area contributed by atoms with E-state index in [1.807, 2.05) is 11.3 Å². The Morgan fingerprint density at radius 2 is 1.31 bits per heavy atom. The Hall–Kier alpha value is -2.90. The normalized spacial score (nSPS) is 12.0. The van der Waals surface area contributed by atoms with Crippen LogP contribution in [0.15, 0.2) is 91.0 Å². The summed E-state index contributed by atoms with van der Waals surface area (Å²) in [7, 11) is 0. The summed E-state index contributed by atoms with van der Waals surface area (Å²) < 4.78 is 2.75. The van der Waals surface area contributed by atoms with Gasteiger partial charge in [-0.05, 0) is 45.4 Å². The Morgan fingerprint density at radius 1 is 0.621 bits per heavy atom. The van der Waals surface area contributed by atoms with Crippen molar-refractivity contribution in [2.75, 3.05) is 0 Å². The molecule has 0 aliphatic rings. The second kappa shape index (κ2) is 6.86. The lowest BCUT2D eigenvalue weighted by Gasteiger charge is -2.20. The SMILES string of the molecule is CC(C)(C)c1cccc2sc3c(-c4cccc(-c5ccccc5)c4)cccc3c12. The molecule has 0 saturated carbocycles. The van der Waals surface area contributed by atoms with Crippen molar-refractivity contribution < 1.29 is 0 Å². The molecular formula is C28H24S. The van der Waals surface area contributed by atoms with Crippen LogP contribution in [0.5, 0.6) is 0 Å².